The third-order valence-corrected chi connectivity index (χ3v) is 4.86. The van der Waals surface area contributed by atoms with Crippen LogP contribution in [0.4, 0.5) is 0 Å². The number of pyridine rings is 1. The molecule has 6 nitrogen and oxygen atoms in total. The van der Waals surface area contributed by atoms with E-state index < -0.39 is 0 Å². The molecule has 0 aromatic carbocycles. The maximum absolute atomic E-state index is 12.8. The third kappa shape index (κ3) is 3.43. The fourth-order valence-electron chi connectivity index (χ4n) is 3.34. The molecule has 6 heteroatoms. The largest absolute Gasteiger partial charge is 0.339 e. The highest BCUT2D eigenvalue weighted by molar-refractivity contribution is 5.97. The fourth-order valence-corrected chi connectivity index (χ4v) is 3.34. The molecular weight excluding hydrogens is 304 g/mol. The molecule has 1 aliphatic heterocycles. The minimum absolute atomic E-state index is 0.0624. The number of hydrogen-bond acceptors (Lipinski definition) is 5. The Hall–Kier alpha value is -1.95. The summed E-state index contributed by atoms with van der Waals surface area (Å²) >= 11 is 0. The van der Waals surface area contributed by atoms with Crippen molar-refractivity contribution in [1.29, 1.82) is 0 Å². The molecule has 0 bridgehead atoms. The van der Waals surface area contributed by atoms with E-state index in [0.717, 1.165) is 43.6 Å². The Bertz CT molecular complexity index is 702. The van der Waals surface area contributed by atoms with E-state index in [2.05, 4.69) is 29.3 Å². The van der Waals surface area contributed by atoms with Crippen molar-refractivity contribution in [2.75, 3.05) is 26.7 Å². The summed E-state index contributed by atoms with van der Waals surface area (Å²) in [6.45, 7) is 6.81. The minimum atomic E-state index is 0.0624. The second-order valence-corrected chi connectivity index (χ2v) is 6.93. The number of aromatic nitrogens is 2. The number of carbonyl (C=O) groups excluding carboxylic acids is 1. The molecule has 0 radical (unpaired) electrons. The van der Waals surface area contributed by atoms with Gasteiger partial charge in [-0.3, -0.25) is 4.79 Å². The van der Waals surface area contributed by atoms with E-state index >= 15 is 0 Å². The van der Waals surface area contributed by atoms with Crippen molar-refractivity contribution in [2.45, 2.75) is 39.0 Å². The number of amides is 1. The second-order valence-electron chi connectivity index (χ2n) is 6.93. The number of rotatable bonds is 5. The van der Waals surface area contributed by atoms with Crippen LogP contribution in [-0.2, 0) is 0 Å². The molecule has 2 aromatic rings. The summed E-state index contributed by atoms with van der Waals surface area (Å²) in [4.78, 5) is 19.0. The van der Waals surface area contributed by atoms with Gasteiger partial charge in [0.1, 0.15) is 0 Å². The van der Waals surface area contributed by atoms with Crippen molar-refractivity contribution >= 4 is 17.0 Å². The van der Waals surface area contributed by atoms with Crippen molar-refractivity contribution in [3.05, 3.63) is 23.5 Å². The van der Waals surface area contributed by atoms with Gasteiger partial charge < -0.3 is 14.7 Å². The maximum atomic E-state index is 12.8. The van der Waals surface area contributed by atoms with Crippen LogP contribution in [0.5, 0.6) is 0 Å². The second kappa shape index (κ2) is 7.30. The molecule has 24 heavy (non-hydrogen) atoms. The molecule has 0 spiro atoms. The molecule has 0 saturated carbocycles. The Morgan fingerprint density at radius 3 is 2.83 bits per heavy atom. The van der Waals surface area contributed by atoms with Gasteiger partial charge in [0, 0.05) is 19.3 Å². The van der Waals surface area contributed by atoms with Crippen LogP contribution in [0.3, 0.4) is 0 Å². The van der Waals surface area contributed by atoms with Gasteiger partial charge in [-0.1, -0.05) is 19.0 Å². The predicted molar refractivity (Wildman–Crippen MR) is 93.1 cm³/mol. The van der Waals surface area contributed by atoms with Crippen LogP contribution in [0.15, 0.2) is 16.8 Å². The van der Waals surface area contributed by atoms with Gasteiger partial charge in [-0.2, -0.15) is 0 Å². The normalized spacial score (nSPS) is 16.2. The summed E-state index contributed by atoms with van der Waals surface area (Å²) in [6, 6.07) is 1.88. The van der Waals surface area contributed by atoms with Crippen LogP contribution < -0.4 is 5.32 Å². The summed E-state index contributed by atoms with van der Waals surface area (Å²) in [5.74, 6) is 1.02. The van der Waals surface area contributed by atoms with E-state index in [1.807, 2.05) is 18.0 Å². The first-order valence-electron chi connectivity index (χ1n) is 8.79. The van der Waals surface area contributed by atoms with E-state index in [-0.39, 0.29) is 11.8 Å². The zero-order valence-electron chi connectivity index (χ0n) is 14.7. The molecule has 0 unspecified atom stereocenters. The Morgan fingerprint density at radius 2 is 2.17 bits per heavy atom. The number of hydrogen-bond donors (Lipinski definition) is 1. The van der Waals surface area contributed by atoms with Gasteiger partial charge in [-0.05, 0) is 50.8 Å². The lowest BCUT2D eigenvalue weighted by atomic mass is 9.93. The van der Waals surface area contributed by atoms with Crippen LogP contribution >= 0.6 is 0 Å². The lowest BCUT2D eigenvalue weighted by Crippen LogP contribution is -2.39. The zero-order valence-corrected chi connectivity index (χ0v) is 14.7. The molecule has 1 N–H and O–H groups in total. The Morgan fingerprint density at radius 1 is 1.42 bits per heavy atom. The number of nitrogens with one attached hydrogen (secondary N) is 1. The number of piperidine rings is 1. The molecule has 1 aliphatic rings. The van der Waals surface area contributed by atoms with Crippen LogP contribution in [0.2, 0.25) is 0 Å². The predicted octanol–water partition coefficient (Wildman–Crippen LogP) is 2.81. The van der Waals surface area contributed by atoms with Crippen LogP contribution in [0, 0.1) is 5.92 Å². The van der Waals surface area contributed by atoms with E-state index in [1.54, 1.807) is 6.20 Å². The van der Waals surface area contributed by atoms with Gasteiger partial charge in [0.05, 0.1) is 16.6 Å². The highest BCUT2D eigenvalue weighted by Gasteiger charge is 2.24. The molecule has 0 atom stereocenters. The van der Waals surface area contributed by atoms with Crippen LogP contribution in [0.1, 0.15) is 55.1 Å². The minimum Gasteiger partial charge on any atom is -0.339 e. The lowest BCUT2D eigenvalue weighted by molar-refractivity contribution is 0.0687. The number of carbonyl (C=O) groups is 1. The van der Waals surface area contributed by atoms with Gasteiger partial charge in [0.2, 0.25) is 0 Å². The first kappa shape index (κ1) is 16.9. The van der Waals surface area contributed by atoms with Gasteiger partial charge in [0.25, 0.3) is 11.6 Å². The fraction of sp³-hybridized carbons (Fsp3) is 0.611. The van der Waals surface area contributed by atoms with E-state index in [0.29, 0.717) is 17.2 Å². The van der Waals surface area contributed by atoms with Gasteiger partial charge in [-0.25, -0.2) is 4.98 Å². The molecular formula is C18H26N4O2. The monoisotopic (exact) mass is 330 g/mol. The van der Waals surface area contributed by atoms with Crippen LogP contribution in [-0.4, -0.2) is 47.6 Å². The van der Waals surface area contributed by atoms with Crippen molar-refractivity contribution in [3.63, 3.8) is 0 Å². The molecule has 3 heterocycles. The summed E-state index contributed by atoms with van der Waals surface area (Å²) in [6.07, 6.45) is 4.94. The van der Waals surface area contributed by atoms with E-state index in [1.165, 1.54) is 6.42 Å². The topological polar surface area (TPSA) is 71.3 Å². The standard InChI is InChI=1S/C18H26N4O2/c1-12(2)16-15-10-14(11-20-17(15)24-21-16)18(23)22-8-5-13(6-9-22)4-7-19-3/h10-13,19H,4-9H2,1-3H3. The molecule has 3 rings (SSSR count). The Kier molecular flexibility index (Phi) is 5.14. The summed E-state index contributed by atoms with van der Waals surface area (Å²) in [5, 5.41) is 8.12. The average Bonchev–Trinajstić information content (AvgIpc) is 3.03. The third-order valence-electron chi connectivity index (χ3n) is 4.86. The molecule has 1 saturated heterocycles. The van der Waals surface area contributed by atoms with Crippen molar-refractivity contribution in [3.8, 4) is 0 Å². The van der Waals surface area contributed by atoms with Crippen LogP contribution in [0.25, 0.3) is 11.1 Å². The summed E-state index contributed by atoms with van der Waals surface area (Å²) in [7, 11) is 1.98. The molecule has 2 aromatic heterocycles. The Balaban J connectivity index is 1.71. The molecule has 1 amide bonds. The highest BCUT2D eigenvalue weighted by Crippen LogP contribution is 2.26. The molecule has 0 aliphatic carbocycles. The smallest absolute Gasteiger partial charge is 0.257 e. The first-order chi connectivity index (χ1) is 11.6. The number of nitrogens with zero attached hydrogens (tertiary/aromatic N) is 3. The molecule has 1 fully saturated rings. The SMILES string of the molecule is CNCCC1CCN(C(=O)c2cnc3onc(C(C)C)c3c2)CC1. The summed E-state index contributed by atoms with van der Waals surface area (Å²) < 4.78 is 5.25. The van der Waals surface area contributed by atoms with Gasteiger partial charge in [0.15, 0.2) is 0 Å². The van der Waals surface area contributed by atoms with Crippen molar-refractivity contribution < 1.29 is 9.32 Å². The zero-order chi connectivity index (χ0) is 17.1. The van der Waals surface area contributed by atoms with E-state index in [9.17, 15) is 4.79 Å². The molecule has 130 valence electrons. The van der Waals surface area contributed by atoms with Gasteiger partial charge in [-0.15, -0.1) is 0 Å². The van der Waals surface area contributed by atoms with Crippen molar-refractivity contribution in [1.82, 2.24) is 20.4 Å². The maximum Gasteiger partial charge on any atom is 0.257 e. The Labute approximate surface area is 142 Å². The lowest BCUT2D eigenvalue weighted by Gasteiger charge is -2.32. The van der Waals surface area contributed by atoms with Gasteiger partial charge >= 0.3 is 0 Å². The number of likely N-dealkylation sites (tertiary alicyclic amines) is 1. The first-order valence-corrected chi connectivity index (χ1v) is 8.79. The average molecular weight is 330 g/mol. The quantitative estimate of drug-likeness (QED) is 0.913. The number of fused-ring (bicyclic) bond motifs is 1. The van der Waals surface area contributed by atoms with E-state index in [4.69, 9.17) is 4.52 Å². The van der Waals surface area contributed by atoms with Crippen molar-refractivity contribution in [2.24, 2.45) is 5.92 Å². The summed E-state index contributed by atoms with van der Waals surface area (Å²) in [5.41, 5.74) is 1.99. The highest BCUT2D eigenvalue weighted by atomic mass is 16.5.